The van der Waals surface area contributed by atoms with Crippen LogP contribution in [0.4, 0.5) is 0 Å². The molecule has 1 aliphatic heterocycles. The molecule has 2 aromatic heterocycles. The summed E-state index contributed by atoms with van der Waals surface area (Å²) < 4.78 is 15.3. The third-order valence-corrected chi connectivity index (χ3v) is 6.78. The lowest BCUT2D eigenvalue weighted by Gasteiger charge is -2.27. The molecule has 2 aromatic carbocycles. The maximum Gasteiger partial charge on any atom is 0.260 e. The van der Waals surface area contributed by atoms with Crippen LogP contribution in [0.5, 0.6) is 5.75 Å². The number of para-hydroxylation sites is 1. The maximum atomic E-state index is 13.7. The van der Waals surface area contributed by atoms with Crippen LogP contribution in [-0.2, 0) is 24.2 Å². The molecule has 6 nitrogen and oxygen atoms in total. The second-order valence-electron chi connectivity index (χ2n) is 8.59. The van der Waals surface area contributed by atoms with Crippen molar-refractivity contribution in [2.24, 2.45) is 0 Å². The van der Waals surface area contributed by atoms with Crippen molar-refractivity contribution in [2.45, 2.75) is 26.4 Å². The number of fused-ring (bicyclic) bond motifs is 3. The number of nitrogens with zero attached hydrogens (tertiary/aromatic N) is 3. The minimum Gasteiger partial charge on any atom is -0.495 e. The molecule has 6 heteroatoms. The van der Waals surface area contributed by atoms with Gasteiger partial charge in [-0.2, -0.15) is 0 Å². The summed E-state index contributed by atoms with van der Waals surface area (Å²) >= 11 is 0. The molecule has 1 saturated heterocycles. The van der Waals surface area contributed by atoms with Crippen LogP contribution in [0.15, 0.2) is 59.5 Å². The number of hydrogen-bond acceptors (Lipinski definition) is 4. The SMILES string of the molecule is CCc1ccccc1Cn1ccc2c(c1=O)c1cccc(OC)c1n2CCN1CCOCC1. The highest BCUT2D eigenvalue weighted by Crippen LogP contribution is 2.33. The molecule has 172 valence electrons. The van der Waals surface area contributed by atoms with E-state index >= 15 is 0 Å². The van der Waals surface area contributed by atoms with Crippen molar-refractivity contribution < 1.29 is 9.47 Å². The van der Waals surface area contributed by atoms with Crippen molar-refractivity contribution in [3.05, 3.63) is 76.2 Å². The summed E-state index contributed by atoms with van der Waals surface area (Å²) in [6.45, 7) is 7.87. The smallest absolute Gasteiger partial charge is 0.260 e. The third kappa shape index (κ3) is 4.05. The highest BCUT2D eigenvalue weighted by atomic mass is 16.5. The Labute approximate surface area is 193 Å². The van der Waals surface area contributed by atoms with Crippen molar-refractivity contribution in [2.75, 3.05) is 40.0 Å². The van der Waals surface area contributed by atoms with E-state index in [0.717, 1.165) is 73.4 Å². The number of ether oxygens (including phenoxy) is 2. The van der Waals surface area contributed by atoms with Crippen molar-refractivity contribution in [1.29, 1.82) is 0 Å². The predicted molar refractivity (Wildman–Crippen MR) is 132 cm³/mol. The van der Waals surface area contributed by atoms with E-state index in [4.69, 9.17) is 9.47 Å². The van der Waals surface area contributed by atoms with E-state index in [1.807, 2.05) is 35.0 Å². The Kier molecular flexibility index (Phi) is 6.20. The van der Waals surface area contributed by atoms with Crippen LogP contribution in [0, 0.1) is 0 Å². The summed E-state index contributed by atoms with van der Waals surface area (Å²) in [5, 5.41) is 1.72. The van der Waals surface area contributed by atoms with E-state index in [9.17, 15) is 4.79 Å². The maximum absolute atomic E-state index is 13.7. The average molecular weight is 446 g/mol. The van der Waals surface area contributed by atoms with Gasteiger partial charge in [-0.1, -0.05) is 43.3 Å². The zero-order valence-electron chi connectivity index (χ0n) is 19.4. The third-order valence-electron chi connectivity index (χ3n) is 6.78. The fourth-order valence-electron chi connectivity index (χ4n) is 4.99. The van der Waals surface area contributed by atoms with Gasteiger partial charge in [-0.15, -0.1) is 0 Å². The molecule has 0 bridgehead atoms. The predicted octanol–water partition coefficient (Wildman–Crippen LogP) is 3.91. The van der Waals surface area contributed by atoms with Gasteiger partial charge in [0.25, 0.3) is 5.56 Å². The minimum absolute atomic E-state index is 0.0433. The first kappa shape index (κ1) is 21.7. The van der Waals surface area contributed by atoms with E-state index < -0.39 is 0 Å². The molecule has 0 saturated carbocycles. The van der Waals surface area contributed by atoms with Gasteiger partial charge in [0.05, 0.1) is 43.3 Å². The molecule has 0 unspecified atom stereocenters. The Balaban J connectivity index is 1.62. The highest BCUT2D eigenvalue weighted by molar-refractivity contribution is 6.09. The molecule has 0 spiro atoms. The summed E-state index contributed by atoms with van der Waals surface area (Å²) in [4.78, 5) is 16.2. The Morgan fingerprint density at radius 3 is 2.52 bits per heavy atom. The molecule has 0 atom stereocenters. The average Bonchev–Trinajstić information content (AvgIpc) is 3.19. The Morgan fingerprint density at radius 2 is 1.76 bits per heavy atom. The molecule has 3 heterocycles. The molecule has 1 aliphatic rings. The first-order valence-electron chi connectivity index (χ1n) is 11.8. The lowest BCUT2D eigenvalue weighted by Crippen LogP contribution is -2.38. The molecule has 4 aromatic rings. The largest absolute Gasteiger partial charge is 0.495 e. The number of benzene rings is 2. The summed E-state index contributed by atoms with van der Waals surface area (Å²) in [6, 6.07) is 16.4. The van der Waals surface area contributed by atoms with Gasteiger partial charge < -0.3 is 18.6 Å². The Hall–Kier alpha value is -3.09. The first-order chi connectivity index (χ1) is 16.2. The van der Waals surface area contributed by atoms with Gasteiger partial charge in [-0.3, -0.25) is 9.69 Å². The Morgan fingerprint density at radius 1 is 0.970 bits per heavy atom. The summed E-state index contributed by atoms with van der Waals surface area (Å²) in [5.74, 6) is 0.799. The van der Waals surface area contributed by atoms with Crippen molar-refractivity contribution in [3.63, 3.8) is 0 Å². The summed E-state index contributed by atoms with van der Waals surface area (Å²) in [5.41, 5.74) is 4.47. The first-order valence-corrected chi connectivity index (χ1v) is 11.8. The Bertz CT molecular complexity index is 1330. The van der Waals surface area contributed by atoms with Crippen molar-refractivity contribution in [1.82, 2.24) is 14.0 Å². The monoisotopic (exact) mass is 445 g/mol. The normalized spacial score (nSPS) is 14.8. The zero-order valence-corrected chi connectivity index (χ0v) is 19.4. The lowest BCUT2D eigenvalue weighted by molar-refractivity contribution is 0.0366. The van der Waals surface area contributed by atoms with Crippen LogP contribution in [-0.4, -0.2) is 54.0 Å². The lowest BCUT2D eigenvalue weighted by atomic mass is 10.1. The van der Waals surface area contributed by atoms with E-state index in [0.29, 0.717) is 6.54 Å². The van der Waals surface area contributed by atoms with Gasteiger partial charge in [-0.05, 0) is 29.7 Å². The number of hydrogen-bond donors (Lipinski definition) is 0. The van der Waals surface area contributed by atoms with Crippen LogP contribution < -0.4 is 10.3 Å². The van der Waals surface area contributed by atoms with Gasteiger partial charge in [-0.25, -0.2) is 0 Å². The second-order valence-corrected chi connectivity index (χ2v) is 8.59. The van der Waals surface area contributed by atoms with Gasteiger partial charge in [0.2, 0.25) is 0 Å². The highest BCUT2D eigenvalue weighted by Gasteiger charge is 2.19. The van der Waals surface area contributed by atoms with Gasteiger partial charge in [0.1, 0.15) is 5.75 Å². The zero-order chi connectivity index (χ0) is 22.8. The van der Waals surface area contributed by atoms with Crippen LogP contribution in [0.1, 0.15) is 18.1 Å². The molecular formula is C27H31N3O3. The van der Waals surface area contributed by atoms with Crippen LogP contribution in [0.3, 0.4) is 0 Å². The second kappa shape index (κ2) is 9.41. The fraction of sp³-hybridized carbons (Fsp3) is 0.370. The topological polar surface area (TPSA) is 48.6 Å². The minimum atomic E-state index is 0.0433. The molecule has 0 aliphatic carbocycles. The van der Waals surface area contributed by atoms with Crippen molar-refractivity contribution >= 4 is 21.8 Å². The number of morpholine rings is 1. The van der Waals surface area contributed by atoms with Crippen molar-refractivity contribution in [3.8, 4) is 5.75 Å². The number of aromatic nitrogens is 2. The van der Waals surface area contributed by atoms with Gasteiger partial charge in [0, 0.05) is 37.8 Å². The van der Waals surface area contributed by atoms with E-state index in [2.05, 4.69) is 40.7 Å². The standard InChI is InChI=1S/C27H31N3O3/c1-3-20-7-4-5-8-21(20)19-29-12-11-23-25(27(29)31)22-9-6-10-24(32-2)26(22)30(23)14-13-28-15-17-33-18-16-28/h4-12H,3,13-19H2,1-2H3. The number of aryl methyl sites for hydroxylation is 1. The van der Waals surface area contributed by atoms with E-state index in [-0.39, 0.29) is 5.56 Å². The molecule has 1 fully saturated rings. The number of rotatable bonds is 7. The summed E-state index contributed by atoms with van der Waals surface area (Å²) in [6.07, 6.45) is 2.89. The van der Waals surface area contributed by atoms with Gasteiger partial charge >= 0.3 is 0 Å². The number of methoxy groups -OCH3 is 1. The molecule has 0 radical (unpaired) electrons. The number of pyridine rings is 1. The van der Waals surface area contributed by atoms with Crippen LogP contribution in [0.25, 0.3) is 21.8 Å². The van der Waals surface area contributed by atoms with E-state index in [1.54, 1.807) is 7.11 Å². The van der Waals surface area contributed by atoms with Crippen LogP contribution in [0.2, 0.25) is 0 Å². The molecule has 5 rings (SSSR count). The molecule has 0 N–H and O–H groups in total. The molecular weight excluding hydrogens is 414 g/mol. The van der Waals surface area contributed by atoms with E-state index in [1.165, 1.54) is 11.1 Å². The molecule has 33 heavy (non-hydrogen) atoms. The fourth-order valence-corrected chi connectivity index (χ4v) is 4.99. The van der Waals surface area contributed by atoms with Gasteiger partial charge in [0.15, 0.2) is 0 Å². The quantitative estimate of drug-likeness (QED) is 0.433. The van der Waals surface area contributed by atoms with Crippen LogP contribution >= 0.6 is 0 Å². The molecule has 0 amide bonds. The summed E-state index contributed by atoms with van der Waals surface area (Å²) in [7, 11) is 1.69.